The molecule has 0 amide bonds. The van der Waals surface area contributed by atoms with Gasteiger partial charge in [-0.05, 0) is 30.0 Å². The molecule has 0 spiro atoms. The Morgan fingerprint density at radius 2 is 2.10 bits per heavy atom. The molecule has 2 aromatic rings. The number of ether oxygens (including phenoxy) is 1. The minimum Gasteiger partial charge on any atom is -0.383 e. The van der Waals surface area contributed by atoms with Crippen molar-refractivity contribution in [3.8, 4) is 0 Å². The fourth-order valence-corrected chi connectivity index (χ4v) is 2.54. The first-order valence-corrected chi connectivity index (χ1v) is 7.41. The predicted molar refractivity (Wildman–Crippen MR) is 81.2 cm³/mol. The van der Waals surface area contributed by atoms with E-state index in [4.69, 9.17) is 16.3 Å². The summed E-state index contributed by atoms with van der Waals surface area (Å²) in [6.07, 6.45) is 3.67. The second kappa shape index (κ2) is 8.21. The first kappa shape index (κ1) is 15.3. The van der Waals surface area contributed by atoms with Crippen LogP contribution in [0.1, 0.15) is 5.56 Å². The number of benzene rings is 1. The van der Waals surface area contributed by atoms with E-state index < -0.39 is 0 Å². The van der Waals surface area contributed by atoms with Gasteiger partial charge in [0.1, 0.15) is 0 Å². The molecular formula is C14H16ClN3OS. The number of nitrogens with zero attached hydrogens (tertiary/aromatic N) is 2. The molecule has 0 aliphatic heterocycles. The summed E-state index contributed by atoms with van der Waals surface area (Å²) in [6.45, 7) is 2.25. The van der Waals surface area contributed by atoms with Crippen LogP contribution in [0, 0.1) is 0 Å². The van der Waals surface area contributed by atoms with Crippen molar-refractivity contribution in [3.05, 3.63) is 47.2 Å². The van der Waals surface area contributed by atoms with Gasteiger partial charge < -0.3 is 10.1 Å². The SMILES string of the molecule is COCCNCc1cnc(Sc2cccc(Cl)c2)nc1. The summed E-state index contributed by atoms with van der Waals surface area (Å²) >= 11 is 7.44. The maximum Gasteiger partial charge on any atom is 0.192 e. The molecule has 0 aliphatic carbocycles. The summed E-state index contributed by atoms with van der Waals surface area (Å²) in [5.41, 5.74) is 1.05. The molecule has 1 heterocycles. The van der Waals surface area contributed by atoms with Crippen LogP contribution >= 0.6 is 23.4 Å². The largest absolute Gasteiger partial charge is 0.383 e. The van der Waals surface area contributed by atoms with E-state index in [-0.39, 0.29) is 0 Å². The molecule has 2 rings (SSSR count). The second-order valence-electron chi connectivity index (χ2n) is 4.10. The Balaban J connectivity index is 1.88. The Labute approximate surface area is 127 Å². The van der Waals surface area contributed by atoms with Crippen LogP contribution in [0.4, 0.5) is 0 Å². The minimum atomic E-state index is 0.698. The first-order valence-electron chi connectivity index (χ1n) is 6.22. The fourth-order valence-electron chi connectivity index (χ4n) is 1.53. The lowest BCUT2D eigenvalue weighted by Crippen LogP contribution is -2.18. The lowest BCUT2D eigenvalue weighted by Gasteiger charge is -2.04. The number of aromatic nitrogens is 2. The summed E-state index contributed by atoms with van der Waals surface area (Å²) < 4.78 is 4.97. The number of nitrogens with one attached hydrogen (secondary N) is 1. The Hall–Kier alpha value is -1.14. The molecule has 20 heavy (non-hydrogen) atoms. The third kappa shape index (κ3) is 5.09. The van der Waals surface area contributed by atoms with Gasteiger partial charge in [0.2, 0.25) is 0 Å². The zero-order valence-corrected chi connectivity index (χ0v) is 12.7. The standard InChI is InChI=1S/C14H16ClN3OS/c1-19-6-5-16-8-11-9-17-14(18-10-11)20-13-4-2-3-12(15)7-13/h2-4,7,9-10,16H,5-6,8H2,1H3. The highest BCUT2D eigenvalue weighted by atomic mass is 35.5. The van der Waals surface area contributed by atoms with E-state index in [9.17, 15) is 0 Å². The highest BCUT2D eigenvalue weighted by Crippen LogP contribution is 2.26. The van der Waals surface area contributed by atoms with Gasteiger partial charge in [0.25, 0.3) is 0 Å². The molecule has 6 heteroatoms. The second-order valence-corrected chi connectivity index (χ2v) is 5.58. The van der Waals surface area contributed by atoms with E-state index in [1.807, 2.05) is 36.7 Å². The molecule has 4 nitrogen and oxygen atoms in total. The van der Waals surface area contributed by atoms with Crippen molar-refractivity contribution >= 4 is 23.4 Å². The molecular weight excluding hydrogens is 294 g/mol. The van der Waals surface area contributed by atoms with Gasteiger partial charge in [0, 0.05) is 48.1 Å². The number of hydrogen-bond acceptors (Lipinski definition) is 5. The van der Waals surface area contributed by atoms with E-state index >= 15 is 0 Å². The van der Waals surface area contributed by atoms with Gasteiger partial charge in [0.05, 0.1) is 6.61 Å². The van der Waals surface area contributed by atoms with Crippen molar-refractivity contribution in [2.75, 3.05) is 20.3 Å². The van der Waals surface area contributed by atoms with Crippen molar-refractivity contribution in [1.29, 1.82) is 0 Å². The van der Waals surface area contributed by atoms with E-state index in [0.717, 1.165) is 23.5 Å². The topological polar surface area (TPSA) is 47.0 Å². The van der Waals surface area contributed by atoms with Gasteiger partial charge in [-0.1, -0.05) is 17.7 Å². The zero-order chi connectivity index (χ0) is 14.2. The molecule has 0 radical (unpaired) electrons. The monoisotopic (exact) mass is 309 g/mol. The van der Waals surface area contributed by atoms with E-state index in [1.54, 1.807) is 7.11 Å². The van der Waals surface area contributed by atoms with Crippen molar-refractivity contribution < 1.29 is 4.74 Å². The first-order chi connectivity index (χ1) is 9.78. The fraction of sp³-hybridized carbons (Fsp3) is 0.286. The number of halogens is 1. The van der Waals surface area contributed by atoms with Crippen molar-refractivity contribution in [1.82, 2.24) is 15.3 Å². The van der Waals surface area contributed by atoms with Gasteiger partial charge in [-0.3, -0.25) is 0 Å². The van der Waals surface area contributed by atoms with Crippen molar-refractivity contribution in [2.45, 2.75) is 16.6 Å². The Morgan fingerprint density at radius 3 is 2.80 bits per heavy atom. The minimum absolute atomic E-state index is 0.698. The molecule has 106 valence electrons. The highest BCUT2D eigenvalue weighted by Gasteiger charge is 2.01. The molecule has 0 fully saturated rings. The normalized spacial score (nSPS) is 10.7. The molecule has 0 unspecified atom stereocenters. The van der Waals surface area contributed by atoms with Crippen LogP contribution in [-0.2, 0) is 11.3 Å². The van der Waals surface area contributed by atoms with Gasteiger partial charge in [0.15, 0.2) is 5.16 Å². The lowest BCUT2D eigenvalue weighted by atomic mass is 10.3. The number of hydrogen-bond donors (Lipinski definition) is 1. The molecule has 0 saturated heterocycles. The molecule has 1 aromatic heterocycles. The van der Waals surface area contributed by atoms with Crippen LogP contribution in [0.3, 0.4) is 0 Å². The Morgan fingerprint density at radius 1 is 1.30 bits per heavy atom. The van der Waals surface area contributed by atoms with Gasteiger partial charge in [-0.25, -0.2) is 9.97 Å². The van der Waals surface area contributed by atoms with Crippen LogP contribution in [0.25, 0.3) is 0 Å². The van der Waals surface area contributed by atoms with Crippen molar-refractivity contribution in [3.63, 3.8) is 0 Å². The summed E-state index contributed by atoms with van der Waals surface area (Å²) in [5.74, 6) is 0. The van der Waals surface area contributed by atoms with Gasteiger partial charge in [-0.2, -0.15) is 0 Å². The molecule has 1 N–H and O–H groups in total. The quantitative estimate of drug-likeness (QED) is 0.629. The predicted octanol–water partition coefficient (Wildman–Crippen LogP) is 3.02. The third-order valence-corrected chi connectivity index (χ3v) is 3.62. The van der Waals surface area contributed by atoms with Crippen molar-refractivity contribution in [2.24, 2.45) is 0 Å². The third-order valence-electron chi connectivity index (χ3n) is 2.50. The average Bonchev–Trinajstić information content (AvgIpc) is 2.45. The molecule has 0 saturated carbocycles. The van der Waals surface area contributed by atoms with Gasteiger partial charge in [-0.15, -0.1) is 0 Å². The summed E-state index contributed by atoms with van der Waals surface area (Å²) in [7, 11) is 1.69. The molecule has 0 aliphatic rings. The van der Waals surface area contributed by atoms with Crippen LogP contribution in [-0.4, -0.2) is 30.2 Å². The lowest BCUT2D eigenvalue weighted by molar-refractivity contribution is 0.199. The number of rotatable bonds is 7. The van der Waals surface area contributed by atoms with E-state index in [1.165, 1.54) is 11.8 Å². The Bertz CT molecular complexity index is 536. The maximum absolute atomic E-state index is 5.95. The zero-order valence-electron chi connectivity index (χ0n) is 11.2. The average molecular weight is 310 g/mol. The summed E-state index contributed by atoms with van der Waals surface area (Å²) in [4.78, 5) is 9.71. The Kier molecular flexibility index (Phi) is 6.26. The van der Waals surface area contributed by atoms with E-state index in [2.05, 4.69) is 15.3 Å². The van der Waals surface area contributed by atoms with Crippen LogP contribution in [0.15, 0.2) is 46.7 Å². The number of methoxy groups -OCH3 is 1. The van der Waals surface area contributed by atoms with Crippen LogP contribution in [0.5, 0.6) is 0 Å². The van der Waals surface area contributed by atoms with Gasteiger partial charge >= 0.3 is 0 Å². The van der Waals surface area contributed by atoms with Crippen LogP contribution in [0.2, 0.25) is 5.02 Å². The smallest absolute Gasteiger partial charge is 0.192 e. The summed E-state index contributed by atoms with van der Waals surface area (Å²) in [5, 5.41) is 4.68. The highest BCUT2D eigenvalue weighted by molar-refractivity contribution is 7.99. The maximum atomic E-state index is 5.95. The summed E-state index contributed by atoms with van der Waals surface area (Å²) in [6, 6.07) is 7.65. The molecule has 0 bridgehead atoms. The van der Waals surface area contributed by atoms with Crippen LogP contribution < -0.4 is 5.32 Å². The van der Waals surface area contributed by atoms with E-state index in [0.29, 0.717) is 16.8 Å². The molecule has 1 aromatic carbocycles. The molecule has 0 atom stereocenters.